The highest BCUT2D eigenvalue weighted by Gasteiger charge is 2.58. The molecule has 0 aromatic carbocycles. The third-order valence-corrected chi connectivity index (χ3v) is 3.65. The summed E-state index contributed by atoms with van der Waals surface area (Å²) >= 11 is 0. The van der Waals surface area contributed by atoms with Gasteiger partial charge in [-0.2, -0.15) is 0 Å². The fourth-order valence-electron chi connectivity index (χ4n) is 2.81. The maximum atomic E-state index is 11.5. The Morgan fingerprint density at radius 1 is 1.36 bits per heavy atom. The lowest BCUT2D eigenvalue weighted by atomic mass is 10.1. The molecule has 2 rings (SSSR count). The van der Waals surface area contributed by atoms with Crippen LogP contribution in [-0.4, -0.2) is 13.1 Å². The van der Waals surface area contributed by atoms with Crippen molar-refractivity contribution in [3.8, 4) is 0 Å². The van der Waals surface area contributed by atoms with Crippen molar-refractivity contribution in [2.45, 2.75) is 39.5 Å². The number of methoxy groups -OCH3 is 1. The molecule has 1 atom stereocenters. The van der Waals surface area contributed by atoms with Crippen molar-refractivity contribution in [3.05, 3.63) is 11.1 Å². The Morgan fingerprint density at radius 2 is 1.93 bits per heavy atom. The Balaban J connectivity index is 2.23. The van der Waals surface area contributed by atoms with Gasteiger partial charge in [0.1, 0.15) is 0 Å². The van der Waals surface area contributed by atoms with Crippen LogP contribution in [-0.2, 0) is 9.53 Å². The quantitative estimate of drug-likeness (QED) is 0.474. The van der Waals surface area contributed by atoms with Crippen LogP contribution >= 0.6 is 0 Å². The van der Waals surface area contributed by atoms with E-state index in [1.54, 1.807) is 0 Å². The normalized spacial score (nSPS) is 29.2. The summed E-state index contributed by atoms with van der Waals surface area (Å²) in [4.78, 5) is 11.5. The molecule has 0 heterocycles. The Morgan fingerprint density at radius 3 is 2.43 bits per heavy atom. The highest BCUT2D eigenvalue weighted by atomic mass is 16.5. The fourth-order valence-corrected chi connectivity index (χ4v) is 2.81. The number of carbonyl (C=O) groups is 1. The average Bonchev–Trinajstić information content (AvgIpc) is 2.58. The van der Waals surface area contributed by atoms with Crippen LogP contribution in [0.3, 0.4) is 0 Å². The molecule has 0 aromatic heterocycles. The molecule has 0 bridgehead atoms. The second-order valence-corrected chi connectivity index (χ2v) is 4.90. The fraction of sp³-hybridized carbons (Fsp3) is 0.750. The summed E-state index contributed by atoms with van der Waals surface area (Å²) < 4.78 is 4.83. The number of carbonyl (C=O) groups excluding carboxylic acids is 1. The molecule has 2 saturated carbocycles. The molecule has 78 valence electrons. The van der Waals surface area contributed by atoms with Gasteiger partial charge in [-0.25, -0.2) is 0 Å². The number of hydrogen-bond acceptors (Lipinski definition) is 2. The van der Waals surface area contributed by atoms with Gasteiger partial charge in [0.25, 0.3) is 0 Å². The summed E-state index contributed by atoms with van der Waals surface area (Å²) in [5, 5.41) is 0. The van der Waals surface area contributed by atoms with E-state index in [9.17, 15) is 4.79 Å². The average molecular weight is 194 g/mol. The summed E-state index contributed by atoms with van der Waals surface area (Å²) in [5.41, 5.74) is 2.99. The lowest BCUT2D eigenvalue weighted by Gasteiger charge is -1.98. The van der Waals surface area contributed by atoms with Gasteiger partial charge in [0.05, 0.1) is 13.0 Å². The van der Waals surface area contributed by atoms with E-state index in [-0.39, 0.29) is 17.3 Å². The van der Waals surface area contributed by atoms with Gasteiger partial charge < -0.3 is 4.74 Å². The number of esters is 1. The molecule has 2 heteroatoms. The van der Waals surface area contributed by atoms with E-state index in [2.05, 4.69) is 13.8 Å². The first-order chi connectivity index (χ1) is 6.59. The van der Waals surface area contributed by atoms with Gasteiger partial charge in [-0.05, 0) is 31.3 Å². The Kier molecular flexibility index (Phi) is 2.17. The molecule has 1 unspecified atom stereocenters. The standard InChI is InChI=1S/C12H18O2/c1-12(2)9(8-6-4-5-7-8)10(12)11(13)14-3/h10H,4-7H2,1-3H3. The van der Waals surface area contributed by atoms with E-state index < -0.39 is 0 Å². The van der Waals surface area contributed by atoms with Crippen molar-refractivity contribution in [2.75, 3.05) is 7.11 Å². The minimum Gasteiger partial charge on any atom is -0.469 e. The first-order valence-corrected chi connectivity index (χ1v) is 5.39. The molecule has 2 aliphatic carbocycles. The molecule has 2 fully saturated rings. The topological polar surface area (TPSA) is 26.3 Å². The number of rotatable bonds is 1. The summed E-state index contributed by atoms with van der Waals surface area (Å²) in [6.07, 6.45) is 4.99. The molecule has 0 amide bonds. The predicted octanol–water partition coefficient (Wildman–Crippen LogP) is 2.69. The van der Waals surface area contributed by atoms with Crippen LogP contribution in [0.15, 0.2) is 11.1 Å². The van der Waals surface area contributed by atoms with Crippen LogP contribution in [0.5, 0.6) is 0 Å². The zero-order chi connectivity index (χ0) is 10.3. The Hall–Kier alpha value is -0.790. The van der Waals surface area contributed by atoms with Crippen molar-refractivity contribution in [1.82, 2.24) is 0 Å². The van der Waals surface area contributed by atoms with E-state index in [1.165, 1.54) is 43.9 Å². The number of ether oxygens (including phenoxy) is 1. The van der Waals surface area contributed by atoms with E-state index in [0.29, 0.717) is 0 Å². The van der Waals surface area contributed by atoms with Gasteiger partial charge in [0.15, 0.2) is 0 Å². The monoisotopic (exact) mass is 194 g/mol. The Labute approximate surface area is 85.3 Å². The van der Waals surface area contributed by atoms with E-state index in [0.717, 1.165) is 0 Å². The molecule has 0 N–H and O–H groups in total. The summed E-state index contributed by atoms with van der Waals surface area (Å²) in [6, 6.07) is 0. The lowest BCUT2D eigenvalue weighted by Crippen LogP contribution is -2.07. The van der Waals surface area contributed by atoms with Crippen LogP contribution in [0.25, 0.3) is 0 Å². The summed E-state index contributed by atoms with van der Waals surface area (Å²) in [5.74, 6) is 0.00463. The maximum absolute atomic E-state index is 11.5. The smallest absolute Gasteiger partial charge is 0.313 e. The zero-order valence-corrected chi connectivity index (χ0v) is 9.22. The van der Waals surface area contributed by atoms with Crippen LogP contribution in [0.2, 0.25) is 0 Å². The summed E-state index contributed by atoms with van der Waals surface area (Å²) in [6.45, 7) is 4.30. The van der Waals surface area contributed by atoms with Gasteiger partial charge >= 0.3 is 5.97 Å². The van der Waals surface area contributed by atoms with Crippen molar-refractivity contribution < 1.29 is 9.53 Å². The Bertz CT molecular complexity index is 291. The molecule has 2 nitrogen and oxygen atoms in total. The molecule has 0 saturated heterocycles. The third kappa shape index (κ3) is 1.28. The van der Waals surface area contributed by atoms with Gasteiger partial charge in [-0.1, -0.05) is 19.4 Å². The van der Waals surface area contributed by atoms with Crippen molar-refractivity contribution in [2.24, 2.45) is 11.3 Å². The second-order valence-electron chi connectivity index (χ2n) is 4.90. The van der Waals surface area contributed by atoms with Gasteiger partial charge in [0.2, 0.25) is 0 Å². The predicted molar refractivity (Wildman–Crippen MR) is 54.8 cm³/mol. The second kappa shape index (κ2) is 3.11. The lowest BCUT2D eigenvalue weighted by molar-refractivity contribution is -0.142. The largest absolute Gasteiger partial charge is 0.469 e. The minimum absolute atomic E-state index is 0.0515. The van der Waals surface area contributed by atoms with Crippen LogP contribution in [0.4, 0.5) is 0 Å². The number of allylic oxidation sites excluding steroid dienone is 1. The molecule has 0 aromatic rings. The third-order valence-electron chi connectivity index (χ3n) is 3.65. The van der Waals surface area contributed by atoms with Crippen molar-refractivity contribution in [3.63, 3.8) is 0 Å². The minimum atomic E-state index is -0.0515. The van der Waals surface area contributed by atoms with Gasteiger partial charge in [0, 0.05) is 5.41 Å². The molecular weight excluding hydrogens is 176 g/mol. The molecule has 0 aliphatic heterocycles. The molecule has 0 radical (unpaired) electrons. The zero-order valence-electron chi connectivity index (χ0n) is 9.22. The molecular formula is C12H18O2. The van der Waals surface area contributed by atoms with Crippen LogP contribution < -0.4 is 0 Å². The first kappa shape index (κ1) is 9.75. The van der Waals surface area contributed by atoms with Crippen molar-refractivity contribution in [1.29, 1.82) is 0 Å². The highest BCUT2D eigenvalue weighted by Crippen LogP contribution is 2.61. The van der Waals surface area contributed by atoms with E-state index in [1.807, 2.05) is 0 Å². The highest BCUT2D eigenvalue weighted by molar-refractivity contribution is 5.84. The van der Waals surface area contributed by atoms with Crippen LogP contribution in [0.1, 0.15) is 39.5 Å². The van der Waals surface area contributed by atoms with Gasteiger partial charge in [-0.3, -0.25) is 4.79 Å². The van der Waals surface area contributed by atoms with Crippen LogP contribution in [0, 0.1) is 11.3 Å². The molecule has 0 spiro atoms. The van der Waals surface area contributed by atoms with Crippen molar-refractivity contribution >= 4 is 5.97 Å². The van der Waals surface area contributed by atoms with E-state index >= 15 is 0 Å². The molecule has 2 aliphatic rings. The number of hydrogen-bond donors (Lipinski definition) is 0. The summed E-state index contributed by atoms with van der Waals surface area (Å²) in [7, 11) is 1.48. The van der Waals surface area contributed by atoms with E-state index in [4.69, 9.17) is 4.74 Å². The van der Waals surface area contributed by atoms with Gasteiger partial charge in [-0.15, -0.1) is 0 Å². The molecule has 14 heavy (non-hydrogen) atoms. The SMILES string of the molecule is COC(=O)C1C(=C2CCCC2)C1(C)C. The maximum Gasteiger partial charge on any atom is 0.313 e. The first-order valence-electron chi connectivity index (χ1n) is 5.39.